The van der Waals surface area contributed by atoms with Crippen molar-refractivity contribution in [3.8, 4) is 11.8 Å². The summed E-state index contributed by atoms with van der Waals surface area (Å²) in [6.45, 7) is 3.68. The predicted octanol–water partition coefficient (Wildman–Crippen LogP) is 5.77. The van der Waals surface area contributed by atoms with E-state index in [9.17, 15) is 19.2 Å². The Balaban J connectivity index is 1.73. The monoisotopic (exact) mass is 521 g/mol. The SMILES string of the molecule is Cc1ccc(NC(=O)COc2ccc(Br)cc2/C=C(\C#N)C(=O)Nc2ccc(F)cc2)cc1C. The van der Waals surface area contributed by atoms with Gasteiger partial charge in [0, 0.05) is 21.4 Å². The van der Waals surface area contributed by atoms with Crippen molar-refractivity contribution in [2.24, 2.45) is 0 Å². The third-order valence-corrected chi connectivity index (χ3v) is 5.38. The van der Waals surface area contributed by atoms with Crippen LogP contribution in [0.1, 0.15) is 16.7 Å². The van der Waals surface area contributed by atoms with Crippen molar-refractivity contribution < 1.29 is 18.7 Å². The molecule has 3 rings (SSSR count). The quantitative estimate of drug-likeness (QED) is 0.305. The molecule has 0 aliphatic rings. The van der Waals surface area contributed by atoms with E-state index in [2.05, 4.69) is 26.6 Å². The number of nitrogens with zero attached hydrogens (tertiary/aromatic N) is 1. The molecular weight excluding hydrogens is 501 g/mol. The molecule has 34 heavy (non-hydrogen) atoms. The van der Waals surface area contributed by atoms with Crippen LogP contribution in [0.3, 0.4) is 0 Å². The van der Waals surface area contributed by atoms with Crippen LogP contribution < -0.4 is 15.4 Å². The smallest absolute Gasteiger partial charge is 0.266 e. The van der Waals surface area contributed by atoms with Crippen molar-refractivity contribution in [2.75, 3.05) is 17.2 Å². The highest BCUT2D eigenvalue weighted by Crippen LogP contribution is 2.26. The molecule has 0 aromatic heterocycles. The highest BCUT2D eigenvalue weighted by atomic mass is 79.9. The Hall–Kier alpha value is -3.96. The van der Waals surface area contributed by atoms with Crippen LogP contribution in [0.25, 0.3) is 6.08 Å². The van der Waals surface area contributed by atoms with Gasteiger partial charge in [0.15, 0.2) is 6.61 Å². The summed E-state index contributed by atoms with van der Waals surface area (Å²) >= 11 is 3.36. The molecule has 0 unspecified atom stereocenters. The van der Waals surface area contributed by atoms with E-state index in [1.165, 1.54) is 30.3 Å². The molecule has 0 atom stereocenters. The number of hydrogen-bond acceptors (Lipinski definition) is 4. The normalized spacial score (nSPS) is 10.9. The van der Waals surface area contributed by atoms with Crippen LogP contribution in [-0.2, 0) is 9.59 Å². The molecule has 0 spiro atoms. The van der Waals surface area contributed by atoms with Gasteiger partial charge in [0.2, 0.25) is 0 Å². The lowest BCUT2D eigenvalue weighted by molar-refractivity contribution is -0.118. The van der Waals surface area contributed by atoms with Crippen LogP contribution >= 0.6 is 15.9 Å². The number of benzene rings is 3. The molecule has 172 valence electrons. The van der Waals surface area contributed by atoms with E-state index in [0.717, 1.165) is 11.1 Å². The summed E-state index contributed by atoms with van der Waals surface area (Å²) in [7, 11) is 0. The lowest BCUT2D eigenvalue weighted by atomic mass is 10.1. The number of carbonyl (C=O) groups excluding carboxylic acids is 2. The fourth-order valence-corrected chi connectivity index (χ4v) is 3.34. The zero-order chi connectivity index (χ0) is 24.7. The van der Waals surface area contributed by atoms with Gasteiger partial charge in [-0.15, -0.1) is 0 Å². The molecule has 0 saturated carbocycles. The second-order valence-electron chi connectivity index (χ2n) is 7.45. The van der Waals surface area contributed by atoms with E-state index >= 15 is 0 Å². The van der Waals surface area contributed by atoms with Gasteiger partial charge in [0.25, 0.3) is 11.8 Å². The summed E-state index contributed by atoms with van der Waals surface area (Å²) in [4.78, 5) is 24.9. The zero-order valence-corrected chi connectivity index (χ0v) is 20.1. The van der Waals surface area contributed by atoms with Crippen molar-refractivity contribution in [1.29, 1.82) is 5.26 Å². The molecule has 3 aromatic carbocycles. The van der Waals surface area contributed by atoms with Crippen molar-refractivity contribution in [2.45, 2.75) is 13.8 Å². The number of nitriles is 1. The third kappa shape index (κ3) is 6.77. The summed E-state index contributed by atoms with van der Waals surface area (Å²) in [5.41, 5.74) is 3.43. The summed E-state index contributed by atoms with van der Waals surface area (Å²) in [5.74, 6) is -1.13. The molecular formula is C26H21BrFN3O3. The van der Waals surface area contributed by atoms with Crippen LogP contribution in [0.2, 0.25) is 0 Å². The van der Waals surface area contributed by atoms with Gasteiger partial charge < -0.3 is 15.4 Å². The maximum Gasteiger partial charge on any atom is 0.266 e. The van der Waals surface area contributed by atoms with Crippen molar-refractivity contribution in [1.82, 2.24) is 0 Å². The number of carbonyl (C=O) groups is 2. The minimum Gasteiger partial charge on any atom is -0.483 e. The van der Waals surface area contributed by atoms with Gasteiger partial charge in [-0.3, -0.25) is 9.59 Å². The minimum atomic E-state index is -0.660. The zero-order valence-electron chi connectivity index (χ0n) is 18.5. The first-order chi connectivity index (χ1) is 16.2. The van der Waals surface area contributed by atoms with Gasteiger partial charge in [-0.05, 0) is 85.6 Å². The molecule has 0 saturated heterocycles. The first kappa shape index (κ1) is 24.7. The molecule has 0 aliphatic heterocycles. The summed E-state index contributed by atoms with van der Waals surface area (Å²) in [6, 6.07) is 17.7. The van der Waals surface area contributed by atoms with E-state index in [1.54, 1.807) is 18.2 Å². The van der Waals surface area contributed by atoms with Crippen LogP contribution in [0.4, 0.5) is 15.8 Å². The molecule has 0 bridgehead atoms. The number of anilines is 2. The Morgan fingerprint density at radius 3 is 2.38 bits per heavy atom. The predicted molar refractivity (Wildman–Crippen MR) is 133 cm³/mol. The average Bonchev–Trinajstić information content (AvgIpc) is 2.80. The molecule has 8 heteroatoms. The van der Waals surface area contributed by atoms with E-state index in [0.29, 0.717) is 27.2 Å². The number of halogens is 2. The largest absolute Gasteiger partial charge is 0.483 e. The summed E-state index contributed by atoms with van der Waals surface area (Å²) in [6.07, 6.45) is 1.36. The van der Waals surface area contributed by atoms with Crippen LogP contribution in [0, 0.1) is 31.0 Å². The number of aryl methyl sites for hydroxylation is 2. The highest BCUT2D eigenvalue weighted by molar-refractivity contribution is 9.10. The number of ether oxygens (including phenoxy) is 1. The first-order valence-electron chi connectivity index (χ1n) is 10.2. The molecule has 3 aromatic rings. The molecule has 0 fully saturated rings. The van der Waals surface area contributed by atoms with E-state index < -0.39 is 11.7 Å². The van der Waals surface area contributed by atoms with E-state index in [4.69, 9.17) is 4.74 Å². The highest BCUT2D eigenvalue weighted by Gasteiger charge is 2.13. The topological polar surface area (TPSA) is 91.2 Å². The fraction of sp³-hybridized carbons (Fsp3) is 0.115. The summed E-state index contributed by atoms with van der Waals surface area (Å²) in [5, 5.41) is 14.8. The lowest BCUT2D eigenvalue weighted by Gasteiger charge is -2.12. The van der Waals surface area contributed by atoms with Gasteiger partial charge in [-0.25, -0.2) is 4.39 Å². The molecule has 2 N–H and O–H groups in total. The molecule has 0 aliphatic carbocycles. The Morgan fingerprint density at radius 2 is 1.71 bits per heavy atom. The summed E-state index contributed by atoms with van der Waals surface area (Å²) < 4.78 is 19.5. The van der Waals surface area contributed by atoms with Gasteiger partial charge >= 0.3 is 0 Å². The van der Waals surface area contributed by atoms with Crippen LogP contribution in [-0.4, -0.2) is 18.4 Å². The average molecular weight is 522 g/mol. The Bertz CT molecular complexity index is 1300. The van der Waals surface area contributed by atoms with E-state index in [1.807, 2.05) is 38.1 Å². The Kier molecular flexibility index (Phi) is 8.17. The standard InChI is InChI=1S/C26H21BrFN3O3/c1-16-3-7-23(11-17(16)2)30-25(32)15-34-24-10-4-20(27)13-18(24)12-19(14-29)26(33)31-22-8-5-21(28)6-9-22/h3-13H,15H2,1-2H3,(H,30,32)(H,31,33)/b19-12+. The maximum atomic E-state index is 13.1. The molecule has 6 nitrogen and oxygen atoms in total. The van der Waals surface area contributed by atoms with Gasteiger partial charge in [0.1, 0.15) is 23.2 Å². The second kappa shape index (κ2) is 11.3. The van der Waals surface area contributed by atoms with Gasteiger partial charge in [-0.2, -0.15) is 5.26 Å². The maximum absolute atomic E-state index is 13.1. The molecule has 0 heterocycles. The van der Waals surface area contributed by atoms with E-state index in [-0.39, 0.29) is 18.1 Å². The number of amides is 2. The number of nitrogens with one attached hydrogen (secondary N) is 2. The number of rotatable bonds is 7. The van der Waals surface area contributed by atoms with Crippen molar-refractivity contribution in [3.05, 3.63) is 93.2 Å². The van der Waals surface area contributed by atoms with Crippen molar-refractivity contribution >= 4 is 45.2 Å². The molecule has 2 amide bonds. The van der Waals surface area contributed by atoms with Crippen LogP contribution in [0.5, 0.6) is 5.75 Å². The van der Waals surface area contributed by atoms with Gasteiger partial charge in [0.05, 0.1) is 0 Å². The second-order valence-corrected chi connectivity index (χ2v) is 8.36. The minimum absolute atomic E-state index is 0.188. The fourth-order valence-electron chi connectivity index (χ4n) is 2.96. The Morgan fingerprint density at radius 1 is 1.00 bits per heavy atom. The van der Waals surface area contributed by atoms with Gasteiger partial charge in [-0.1, -0.05) is 22.0 Å². The number of hydrogen-bond donors (Lipinski definition) is 2. The third-order valence-electron chi connectivity index (χ3n) is 4.89. The first-order valence-corrected chi connectivity index (χ1v) is 11.0. The van der Waals surface area contributed by atoms with Crippen LogP contribution in [0.15, 0.2) is 70.7 Å². The Labute approximate surface area is 205 Å². The molecule has 0 radical (unpaired) electrons. The van der Waals surface area contributed by atoms with Crippen molar-refractivity contribution in [3.63, 3.8) is 0 Å². The lowest BCUT2D eigenvalue weighted by Crippen LogP contribution is -2.20.